The molecular formula is C29H35N9O. The van der Waals surface area contributed by atoms with E-state index in [-0.39, 0.29) is 5.91 Å². The number of aryl methyl sites for hydroxylation is 1. The Balaban J connectivity index is 1.42. The molecule has 0 aliphatic carbocycles. The minimum absolute atomic E-state index is 0.190. The van der Waals surface area contributed by atoms with Crippen LogP contribution in [0.25, 0.3) is 16.9 Å². The summed E-state index contributed by atoms with van der Waals surface area (Å²) in [5.74, 6) is -0.190. The molecule has 2 aromatic heterocycles. The van der Waals surface area contributed by atoms with Gasteiger partial charge in [-0.1, -0.05) is 11.3 Å². The average molecular weight is 526 g/mol. The molecule has 3 N–H and O–H groups in total. The molecule has 0 spiro atoms. The van der Waals surface area contributed by atoms with E-state index in [0.717, 1.165) is 60.7 Å². The third kappa shape index (κ3) is 6.13. The topological polar surface area (TPSA) is 118 Å². The molecule has 1 amide bonds. The maximum atomic E-state index is 13.5. The predicted octanol–water partition coefficient (Wildman–Crippen LogP) is 3.62. The molecule has 39 heavy (non-hydrogen) atoms. The van der Waals surface area contributed by atoms with Crippen molar-refractivity contribution in [3.63, 3.8) is 0 Å². The Kier molecular flexibility index (Phi) is 7.40. The first-order valence-electron chi connectivity index (χ1n) is 13.2. The molecule has 0 unspecified atom stereocenters. The van der Waals surface area contributed by atoms with Crippen molar-refractivity contribution in [1.82, 2.24) is 29.9 Å². The van der Waals surface area contributed by atoms with Gasteiger partial charge in [0, 0.05) is 60.1 Å². The summed E-state index contributed by atoms with van der Waals surface area (Å²) in [5, 5.41) is 11.6. The second kappa shape index (κ2) is 10.9. The Morgan fingerprint density at radius 1 is 1.03 bits per heavy atom. The predicted molar refractivity (Wildman–Crippen MR) is 153 cm³/mol. The number of nitrogens with zero attached hydrogens (tertiary/aromatic N) is 7. The number of carbonyl (C=O) groups excluding carboxylic acids is 1. The molecule has 4 aromatic rings. The molecule has 0 bridgehead atoms. The number of amides is 1. The van der Waals surface area contributed by atoms with Crippen molar-refractivity contribution < 1.29 is 4.79 Å². The van der Waals surface area contributed by atoms with Crippen LogP contribution >= 0.6 is 0 Å². The fourth-order valence-corrected chi connectivity index (χ4v) is 4.68. The van der Waals surface area contributed by atoms with E-state index in [1.165, 1.54) is 6.33 Å². The average Bonchev–Trinajstić information content (AvgIpc) is 3.31. The Morgan fingerprint density at radius 3 is 2.59 bits per heavy atom. The largest absolute Gasteiger partial charge is 0.370 e. The minimum Gasteiger partial charge on any atom is -0.370 e. The molecule has 10 heteroatoms. The third-order valence-corrected chi connectivity index (χ3v) is 7.07. The first kappa shape index (κ1) is 26.5. The summed E-state index contributed by atoms with van der Waals surface area (Å²) in [4.78, 5) is 26.3. The van der Waals surface area contributed by atoms with Crippen molar-refractivity contribution in [3.05, 3.63) is 78.0 Å². The molecule has 1 fully saturated rings. The summed E-state index contributed by atoms with van der Waals surface area (Å²) in [7, 11) is 2.15. The van der Waals surface area contributed by atoms with Gasteiger partial charge in [-0.3, -0.25) is 4.79 Å². The normalized spacial score (nSPS) is 14.7. The molecule has 202 valence electrons. The van der Waals surface area contributed by atoms with Gasteiger partial charge in [-0.2, -0.15) is 0 Å². The van der Waals surface area contributed by atoms with Gasteiger partial charge in [0.05, 0.1) is 11.9 Å². The summed E-state index contributed by atoms with van der Waals surface area (Å²) < 4.78 is 1.69. The molecule has 3 heterocycles. The van der Waals surface area contributed by atoms with Gasteiger partial charge in [0.15, 0.2) is 0 Å². The fourth-order valence-electron chi connectivity index (χ4n) is 4.68. The van der Waals surface area contributed by atoms with Crippen LogP contribution in [0.4, 0.5) is 11.4 Å². The number of aromatic nitrogens is 5. The lowest BCUT2D eigenvalue weighted by Gasteiger charge is -2.27. The summed E-state index contributed by atoms with van der Waals surface area (Å²) in [6.45, 7) is 9.80. The van der Waals surface area contributed by atoms with Gasteiger partial charge in [-0.05, 0) is 82.2 Å². The Labute approximate surface area is 228 Å². The van der Waals surface area contributed by atoms with Gasteiger partial charge >= 0.3 is 0 Å². The zero-order valence-corrected chi connectivity index (χ0v) is 22.9. The maximum absolute atomic E-state index is 13.5. The van der Waals surface area contributed by atoms with E-state index in [4.69, 9.17) is 5.73 Å². The molecule has 5 rings (SSSR count). The van der Waals surface area contributed by atoms with Crippen LogP contribution < -0.4 is 16.0 Å². The molecule has 1 aliphatic rings. The van der Waals surface area contributed by atoms with Crippen molar-refractivity contribution in [3.8, 4) is 16.9 Å². The number of rotatable bonds is 6. The van der Waals surface area contributed by atoms with Crippen LogP contribution in [-0.2, 0) is 5.54 Å². The van der Waals surface area contributed by atoms with E-state index in [1.54, 1.807) is 17.1 Å². The second-order valence-corrected chi connectivity index (χ2v) is 10.8. The van der Waals surface area contributed by atoms with Crippen LogP contribution in [0.15, 0.2) is 61.3 Å². The highest BCUT2D eigenvalue weighted by molar-refractivity contribution is 6.05. The van der Waals surface area contributed by atoms with Crippen molar-refractivity contribution >= 4 is 17.3 Å². The van der Waals surface area contributed by atoms with Crippen LogP contribution in [0, 0.1) is 6.92 Å². The Hall–Kier alpha value is -4.15. The van der Waals surface area contributed by atoms with Crippen LogP contribution in [-0.4, -0.2) is 69.0 Å². The van der Waals surface area contributed by atoms with E-state index < -0.39 is 5.54 Å². The molecule has 0 radical (unpaired) electrons. The quantitative estimate of drug-likeness (QED) is 0.392. The highest BCUT2D eigenvalue weighted by Crippen LogP contribution is 2.28. The lowest BCUT2D eigenvalue weighted by atomic mass is 9.93. The number of nitrogens with two attached hydrogens (primary N) is 1. The lowest BCUT2D eigenvalue weighted by Crippen LogP contribution is -2.32. The minimum atomic E-state index is -0.584. The van der Waals surface area contributed by atoms with E-state index in [2.05, 4.69) is 48.5 Å². The molecular weight excluding hydrogens is 490 g/mol. The van der Waals surface area contributed by atoms with E-state index in [1.807, 2.05) is 57.3 Å². The first-order chi connectivity index (χ1) is 18.7. The highest BCUT2D eigenvalue weighted by Gasteiger charge is 2.21. The van der Waals surface area contributed by atoms with Gasteiger partial charge in [-0.15, -0.1) is 5.10 Å². The number of hydrogen-bond acceptors (Lipinski definition) is 8. The SMILES string of the molecule is Cc1ccc(NC(=O)c2cc(N3CCCN(C)CC3)cc(C(C)(C)N)c2)cc1-n1cc(-c2cncnc2)nn1. The van der Waals surface area contributed by atoms with Crippen molar-refractivity contribution in [1.29, 1.82) is 0 Å². The molecule has 0 saturated carbocycles. The zero-order valence-electron chi connectivity index (χ0n) is 22.9. The summed E-state index contributed by atoms with van der Waals surface area (Å²) in [5.41, 5.74) is 12.3. The van der Waals surface area contributed by atoms with E-state index in [9.17, 15) is 4.79 Å². The van der Waals surface area contributed by atoms with Gasteiger partial charge in [-0.25, -0.2) is 14.6 Å². The van der Waals surface area contributed by atoms with Gasteiger partial charge in [0.1, 0.15) is 12.0 Å². The van der Waals surface area contributed by atoms with Gasteiger partial charge in [0.2, 0.25) is 0 Å². The molecule has 1 saturated heterocycles. The summed E-state index contributed by atoms with van der Waals surface area (Å²) in [6, 6.07) is 11.7. The Bertz CT molecular complexity index is 1460. The van der Waals surface area contributed by atoms with Gasteiger partial charge < -0.3 is 20.9 Å². The second-order valence-electron chi connectivity index (χ2n) is 10.8. The maximum Gasteiger partial charge on any atom is 0.255 e. The number of nitrogens with one attached hydrogen (secondary N) is 1. The van der Waals surface area contributed by atoms with E-state index >= 15 is 0 Å². The van der Waals surface area contributed by atoms with Crippen molar-refractivity contribution in [2.24, 2.45) is 5.73 Å². The first-order valence-corrected chi connectivity index (χ1v) is 13.2. The molecule has 0 atom stereocenters. The van der Waals surface area contributed by atoms with Crippen LogP contribution in [0.3, 0.4) is 0 Å². The number of carbonyl (C=O) groups is 1. The van der Waals surface area contributed by atoms with Crippen LogP contribution in [0.2, 0.25) is 0 Å². The number of likely N-dealkylation sites (N-methyl/N-ethyl adjacent to an activating group) is 1. The third-order valence-electron chi connectivity index (χ3n) is 7.07. The molecule has 10 nitrogen and oxygen atoms in total. The highest BCUT2D eigenvalue weighted by atomic mass is 16.1. The fraction of sp³-hybridized carbons (Fsp3) is 0.345. The number of hydrogen-bond donors (Lipinski definition) is 2. The van der Waals surface area contributed by atoms with E-state index in [0.29, 0.717) is 16.9 Å². The number of anilines is 2. The zero-order chi connectivity index (χ0) is 27.6. The molecule has 1 aliphatic heterocycles. The monoisotopic (exact) mass is 525 g/mol. The summed E-state index contributed by atoms with van der Waals surface area (Å²) in [6.07, 6.45) is 7.76. The number of benzene rings is 2. The standard InChI is InChI=1S/C29H35N9O/c1-20-6-7-24(15-27(20)38-18-26(34-35-38)22-16-31-19-32-17-22)33-28(39)21-12-23(29(2,3)30)14-25(13-21)37-9-5-8-36(4)10-11-37/h6-7,12-19H,5,8-11,30H2,1-4H3,(H,33,39). The van der Waals surface area contributed by atoms with Crippen molar-refractivity contribution in [2.75, 3.05) is 43.4 Å². The lowest BCUT2D eigenvalue weighted by molar-refractivity contribution is 0.102. The van der Waals surface area contributed by atoms with Gasteiger partial charge in [0.25, 0.3) is 5.91 Å². The molecule has 2 aromatic carbocycles. The van der Waals surface area contributed by atoms with Crippen LogP contribution in [0.5, 0.6) is 0 Å². The van der Waals surface area contributed by atoms with Crippen LogP contribution in [0.1, 0.15) is 41.8 Å². The van der Waals surface area contributed by atoms with Crippen molar-refractivity contribution in [2.45, 2.75) is 32.7 Å². The smallest absolute Gasteiger partial charge is 0.255 e. The Morgan fingerprint density at radius 2 is 1.82 bits per heavy atom. The summed E-state index contributed by atoms with van der Waals surface area (Å²) >= 11 is 0.